The van der Waals surface area contributed by atoms with Crippen LogP contribution in [-0.2, 0) is 22.6 Å². The van der Waals surface area contributed by atoms with Gasteiger partial charge in [0.1, 0.15) is 18.6 Å². The number of para-hydroxylation sites is 1. The number of amides is 3. The molecule has 0 spiro atoms. The molecule has 4 heterocycles. The number of benzene rings is 2. The minimum absolute atomic E-state index is 0.0970. The van der Waals surface area contributed by atoms with Crippen LogP contribution in [0, 0.1) is 11.8 Å². The zero-order chi connectivity index (χ0) is 32.3. The maximum absolute atomic E-state index is 14.0. The van der Waals surface area contributed by atoms with Crippen molar-refractivity contribution >= 4 is 45.7 Å². The summed E-state index contributed by atoms with van der Waals surface area (Å²) in [6.45, 7) is 4.99. The van der Waals surface area contributed by atoms with Crippen LogP contribution in [0.25, 0.3) is 0 Å². The third-order valence-corrected chi connectivity index (χ3v) is 11.6. The molecule has 3 N–H and O–H groups in total. The van der Waals surface area contributed by atoms with E-state index in [2.05, 4.69) is 44.2 Å². The largest absolute Gasteiger partial charge is 0.445 e. The predicted octanol–water partition coefficient (Wildman–Crippen LogP) is 5.56. The highest BCUT2D eigenvalue weighted by Crippen LogP contribution is 2.42. The van der Waals surface area contributed by atoms with E-state index in [-0.39, 0.29) is 25.1 Å². The smallest absolute Gasteiger partial charge is 0.411 e. The summed E-state index contributed by atoms with van der Waals surface area (Å²) >= 11 is 3.46. The number of urea groups is 1. The summed E-state index contributed by atoms with van der Waals surface area (Å²) in [7, 11) is 2.20. The molecule has 0 saturated carbocycles. The van der Waals surface area contributed by atoms with Crippen LogP contribution in [0.15, 0.2) is 46.9 Å². The van der Waals surface area contributed by atoms with E-state index in [1.807, 2.05) is 35.2 Å². The number of carbonyl (C=O) groups is 3. The Balaban J connectivity index is 1.23. The number of anilines is 2. The molecular formula is C35H47BrN6O4. The summed E-state index contributed by atoms with van der Waals surface area (Å²) in [5.74, 6) is 1.37. The number of nitrogens with zero attached hydrogens (tertiary/aromatic N) is 4. The summed E-state index contributed by atoms with van der Waals surface area (Å²) in [6, 6.07) is 13.2. The van der Waals surface area contributed by atoms with E-state index in [0.717, 1.165) is 78.9 Å². The van der Waals surface area contributed by atoms with E-state index in [0.29, 0.717) is 37.5 Å². The lowest BCUT2D eigenvalue weighted by Gasteiger charge is -2.57. The molecule has 11 heteroatoms. The second-order valence-corrected chi connectivity index (χ2v) is 14.4. The van der Waals surface area contributed by atoms with Crippen LogP contribution in [0.5, 0.6) is 0 Å². The first-order valence-corrected chi connectivity index (χ1v) is 17.6. The number of fused-ring (bicyclic) bond motifs is 1. The van der Waals surface area contributed by atoms with Gasteiger partial charge in [0.25, 0.3) is 0 Å². The molecule has 6 rings (SSSR count). The lowest BCUT2D eigenvalue weighted by atomic mass is 9.77. The van der Waals surface area contributed by atoms with Crippen LogP contribution in [-0.4, -0.2) is 96.0 Å². The van der Waals surface area contributed by atoms with Gasteiger partial charge in [0.05, 0.1) is 0 Å². The zero-order valence-corrected chi connectivity index (χ0v) is 28.4. The molecule has 3 amide bonds. The van der Waals surface area contributed by atoms with Crippen molar-refractivity contribution in [1.82, 2.24) is 19.6 Å². The van der Waals surface area contributed by atoms with Gasteiger partial charge in [-0.15, -0.1) is 0 Å². The van der Waals surface area contributed by atoms with Crippen LogP contribution < -0.4 is 11.1 Å². The van der Waals surface area contributed by atoms with Gasteiger partial charge in [0.2, 0.25) is 0 Å². The minimum atomic E-state index is -0.874. The van der Waals surface area contributed by atoms with E-state index in [1.54, 1.807) is 11.0 Å². The number of carbonyl (C=O) groups excluding carboxylic acids is 3. The normalized spacial score (nSPS) is 25.4. The molecule has 2 aromatic carbocycles. The highest BCUT2D eigenvalue weighted by atomic mass is 79.9. The predicted molar refractivity (Wildman–Crippen MR) is 182 cm³/mol. The molecular weight excluding hydrogens is 648 g/mol. The number of likely N-dealkylation sites (tertiary alicyclic amines) is 3. The van der Waals surface area contributed by atoms with Gasteiger partial charge in [-0.05, 0) is 116 Å². The van der Waals surface area contributed by atoms with Crippen molar-refractivity contribution in [2.45, 2.75) is 69.7 Å². The summed E-state index contributed by atoms with van der Waals surface area (Å²) in [5, 5.41) is 3.12. The fraction of sp³-hybridized carbons (Fsp3) is 0.571. The number of nitrogens with one attached hydrogen (secondary N) is 1. The fourth-order valence-corrected chi connectivity index (χ4v) is 8.69. The summed E-state index contributed by atoms with van der Waals surface area (Å²) in [5.41, 5.74) is 8.49. The maximum Gasteiger partial charge on any atom is 0.411 e. The number of hydrogen-bond donors (Lipinski definition) is 2. The molecule has 0 radical (unpaired) electrons. The Morgan fingerprint density at radius 2 is 1.74 bits per heavy atom. The van der Waals surface area contributed by atoms with Gasteiger partial charge >= 0.3 is 12.1 Å². The number of aldehydes is 1. The molecule has 2 aromatic rings. The Hall–Kier alpha value is -3.15. The molecule has 46 heavy (non-hydrogen) atoms. The number of rotatable bonds is 7. The second-order valence-electron chi connectivity index (χ2n) is 13.6. The maximum atomic E-state index is 14.0. The first-order chi connectivity index (χ1) is 22.3. The molecule has 248 valence electrons. The van der Waals surface area contributed by atoms with Gasteiger partial charge in [0.15, 0.2) is 0 Å². The summed E-state index contributed by atoms with van der Waals surface area (Å²) in [6.07, 6.45) is 7.08. The SMILES string of the molecule is CN1CCC(C2CCN([C@]3(CC=O)C[C@H](N4CCc5ccccc5NC4=O)CCN3C(=O)OCc3ccc(N)c(Br)c3)CC2)CC1. The zero-order valence-electron chi connectivity index (χ0n) is 26.8. The Bertz CT molecular complexity index is 1410. The van der Waals surface area contributed by atoms with E-state index in [1.165, 1.54) is 12.8 Å². The van der Waals surface area contributed by atoms with Crippen LogP contribution in [0.3, 0.4) is 0 Å². The molecule has 0 unspecified atom stereocenters. The number of hydrogen-bond acceptors (Lipinski definition) is 7. The van der Waals surface area contributed by atoms with Gasteiger partial charge < -0.3 is 30.4 Å². The lowest BCUT2D eigenvalue weighted by molar-refractivity contribution is -0.129. The average Bonchev–Trinajstić information content (AvgIpc) is 3.23. The van der Waals surface area contributed by atoms with Crippen LogP contribution >= 0.6 is 15.9 Å². The summed E-state index contributed by atoms with van der Waals surface area (Å²) in [4.78, 5) is 48.6. The topological polar surface area (TPSA) is 111 Å². The van der Waals surface area contributed by atoms with Crippen molar-refractivity contribution in [2.24, 2.45) is 11.8 Å². The number of nitrogens with two attached hydrogens (primary N) is 1. The Kier molecular flexibility index (Phi) is 10.2. The van der Waals surface area contributed by atoms with Crippen LogP contribution in [0.4, 0.5) is 21.0 Å². The van der Waals surface area contributed by atoms with Crippen LogP contribution in [0.1, 0.15) is 56.1 Å². The van der Waals surface area contributed by atoms with Crippen molar-refractivity contribution in [3.63, 3.8) is 0 Å². The van der Waals surface area contributed by atoms with Gasteiger partial charge in [-0.2, -0.15) is 0 Å². The van der Waals surface area contributed by atoms with Crippen molar-refractivity contribution in [2.75, 3.05) is 57.4 Å². The standard InChI is InChI=1S/C35H47BrN6O4/c1-39-15-8-26(9-16-39)27-10-17-40(18-11-27)35(14-21-43)23-29(41-19-12-28-4-2-3-5-32(28)38-33(41)44)13-20-42(35)34(45)46-24-25-6-7-31(37)30(36)22-25/h2-7,21-22,26-27,29H,8-20,23-24,37H2,1H3,(H,38,44)/t29-,35+/m1/s1. The van der Waals surface area contributed by atoms with Gasteiger partial charge in [-0.25, -0.2) is 9.59 Å². The number of halogens is 1. The van der Waals surface area contributed by atoms with E-state index >= 15 is 0 Å². The van der Waals surface area contributed by atoms with Crippen LogP contribution in [0.2, 0.25) is 0 Å². The second kappa shape index (κ2) is 14.3. The third-order valence-electron chi connectivity index (χ3n) is 10.9. The fourth-order valence-electron chi connectivity index (χ4n) is 8.27. The Morgan fingerprint density at radius 1 is 1.02 bits per heavy atom. The molecule has 0 aromatic heterocycles. The molecule has 3 saturated heterocycles. The quantitative estimate of drug-likeness (QED) is 0.288. The lowest BCUT2D eigenvalue weighted by Crippen LogP contribution is -2.69. The highest BCUT2D eigenvalue weighted by molar-refractivity contribution is 9.10. The monoisotopic (exact) mass is 694 g/mol. The number of ether oxygens (including phenoxy) is 1. The van der Waals surface area contributed by atoms with Crippen molar-refractivity contribution in [1.29, 1.82) is 0 Å². The summed E-state index contributed by atoms with van der Waals surface area (Å²) < 4.78 is 6.68. The molecule has 3 fully saturated rings. The number of nitrogen functional groups attached to an aromatic ring is 1. The van der Waals surface area contributed by atoms with Gasteiger partial charge in [-0.1, -0.05) is 24.3 Å². The number of piperidine rings is 3. The molecule has 0 bridgehead atoms. The van der Waals surface area contributed by atoms with Crippen molar-refractivity contribution in [3.8, 4) is 0 Å². The molecule has 4 aliphatic rings. The van der Waals surface area contributed by atoms with E-state index in [4.69, 9.17) is 10.5 Å². The Labute approximate surface area is 280 Å². The average molecular weight is 696 g/mol. The molecule has 2 atom stereocenters. The molecule has 4 aliphatic heterocycles. The van der Waals surface area contributed by atoms with Crippen molar-refractivity contribution < 1.29 is 19.1 Å². The Morgan fingerprint density at radius 3 is 2.46 bits per heavy atom. The minimum Gasteiger partial charge on any atom is -0.445 e. The van der Waals surface area contributed by atoms with E-state index < -0.39 is 11.8 Å². The molecule has 10 nitrogen and oxygen atoms in total. The van der Waals surface area contributed by atoms with Crippen molar-refractivity contribution in [3.05, 3.63) is 58.1 Å². The third kappa shape index (κ3) is 6.92. The first kappa shape index (κ1) is 32.8. The van der Waals surface area contributed by atoms with Gasteiger partial charge in [-0.3, -0.25) is 9.80 Å². The highest BCUT2D eigenvalue weighted by Gasteiger charge is 2.52. The van der Waals surface area contributed by atoms with Gasteiger partial charge in [0, 0.05) is 60.9 Å². The van der Waals surface area contributed by atoms with E-state index in [9.17, 15) is 14.4 Å². The first-order valence-electron chi connectivity index (χ1n) is 16.8. The molecule has 0 aliphatic carbocycles.